The highest BCUT2D eigenvalue weighted by Crippen LogP contribution is 2.21. The predicted molar refractivity (Wildman–Crippen MR) is 83.6 cm³/mol. The van der Waals surface area contributed by atoms with E-state index in [4.69, 9.17) is 11.6 Å². The average molecular weight is 359 g/mol. The summed E-state index contributed by atoms with van der Waals surface area (Å²) in [6.45, 7) is 0.642. The van der Waals surface area contributed by atoms with Crippen LogP contribution in [0.1, 0.15) is 10.4 Å². The molecule has 0 fully saturated rings. The van der Waals surface area contributed by atoms with Gasteiger partial charge < -0.3 is 4.90 Å². The van der Waals surface area contributed by atoms with Crippen LogP contribution in [0, 0.1) is 0 Å². The number of amides is 1. The molecule has 0 radical (unpaired) electrons. The van der Waals surface area contributed by atoms with E-state index in [1.54, 1.807) is 28.4 Å². The maximum atomic E-state index is 12.1. The van der Waals surface area contributed by atoms with Crippen LogP contribution in [-0.2, 0) is 17.8 Å². The number of hydrogen-bond donors (Lipinski definition) is 0. The summed E-state index contributed by atoms with van der Waals surface area (Å²) in [5, 5.41) is 2.71. The van der Waals surface area contributed by atoms with Crippen molar-refractivity contribution in [2.24, 2.45) is 0 Å². The molecule has 2 rings (SSSR count). The third-order valence-electron chi connectivity index (χ3n) is 2.71. The van der Waals surface area contributed by atoms with Gasteiger partial charge in [-0.05, 0) is 39.7 Å². The summed E-state index contributed by atoms with van der Waals surface area (Å²) < 4.78 is 1.06. The van der Waals surface area contributed by atoms with E-state index in [9.17, 15) is 4.79 Å². The van der Waals surface area contributed by atoms with Crippen molar-refractivity contribution in [3.63, 3.8) is 0 Å². The van der Waals surface area contributed by atoms with Gasteiger partial charge in [-0.25, -0.2) is 0 Å². The molecule has 5 heteroatoms. The first kappa shape index (κ1) is 14.6. The van der Waals surface area contributed by atoms with E-state index in [0.29, 0.717) is 18.0 Å². The Morgan fingerprint density at radius 2 is 2.05 bits per heavy atom. The smallest absolute Gasteiger partial charge is 0.227 e. The molecule has 2 aromatic rings. The van der Waals surface area contributed by atoms with E-state index in [1.165, 1.54) is 4.88 Å². The Hall–Kier alpha value is -0.840. The lowest BCUT2D eigenvalue weighted by molar-refractivity contribution is -0.129. The fourth-order valence-corrected chi connectivity index (χ4v) is 3.30. The largest absolute Gasteiger partial charge is 0.340 e. The van der Waals surface area contributed by atoms with Gasteiger partial charge in [0.1, 0.15) is 0 Å². The zero-order valence-corrected chi connectivity index (χ0v) is 13.6. The topological polar surface area (TPSA) is 20.3 Å². The van der Waals surface area contributed by atoms with E-state index >= 15 is 0 Å². The standard InChI is InChI=1S/C14H13BrClNOS/c1-17(8-13-7-11(15)9-19-13)14(18)6-10-2-4-12(16)5-3-10/h2-5,7,9H,6,8H2,1H3. The van der Waals surface area contributed by atoms with Gasteiger partial charge in [-0.2, -0.15) is 0 Å². The molecule has 0 unspecified atom stereocenters. The van der Waals surface area contributed by atoms with E-state index in [0.717, 1.165) is 10.0 Å². The zero-order valence-electron chi connectivity index (χ0n) is 10.4. The Balaban J connectivity index is 1.94. The van der Waals surface area contributed by atoms with Crippen LogP contribution in [0.2, 0.25) is 5.02 Å². The molecule has 0 N–H and O–H groups in total. The van der Waals surface area contributed by atoms with E-state index < -0.39 is 0 Å². The third-order valence-corrected chi connectivity index (χ3v) is 4.64. The number of nitrogens with zero attached hydrogens (tertiary/aromatic N) is 1. The molecule has 2 nitrogen and oxygen atoms in total. The van der Waals surface area contributed by atoms with Gasteiger partial charge in [0.2, 0.25) is 5.91 Å². The molecule has 19 heavy (non-hydrogen) atoms. The highest BCUT2D eigenvalue weighted by molar-refractivity contribution is 9.10. The Kier molecular flexibility index (Phi) is 5.02. The zero-order chi connectivity index (χ0) is 13.8. The molecular weight excluding hydrogens is 346 g/mol. The molecule has 0 saturated carbocycles. The SMILES string of the molecule is CN(Cc1cc(Br)cs1)C(=O)Cc1ccc(Cl)cc1. The monoisotopic (exact) mass is 357 g/mol. The lowest BCUT2D eigenvalue weighted by atomic mass is 10.1. The van der Waals surface area contributed by atoms with Crippen LogP contribution in [0.15, 0.2) is 40.2 Å². The van der Waals surface area contributed by atoms with Gasteiger partial charge in [0, 0.05) is 26.8 Å². The van der Waals surface area contributed by atoms with Crippen LogP contribution in [0.5, 0.6) is 0 Å². The van der Waals surface area contributed by atoms with Gasteiger partial charge >= 0.3 is 0 Å². The first-order valence-electron chi connectivity index (χ1n) is 5.76. The lowest BCUT2D eigenvalue weighted by Crippen LogP contribution is -2.27. The first-order valence-corrected chi connectivity index (χ1v) is 7.81. The van der Waals surface area contributed by atoms with Gasteiger partial charge in [0.25, 0.3) is 0 Å². The summed E-state index contributed by atoms with van der Waals surface area (Å²) in [7, 11) is 1.83. The molecule has 0 spiro atoms. The Morgan fingerprint density at radius 3 is 2.63 bits per heavy atom. The summed E-state index contributed by atoms with van der Waals surface area (Å²) >= 11 is 10.9. The number of carbonyl (C=O) groups is 1. The quantitative estimate of drug-likeness (QED) is 0.795. The number of likely N-dealkylation sites (N-methyl/N-ethyl adjacent to an activating group) is 1. The third kappa shape index (κ3) is 4.34. The maximum absolute atomic E-state index is 12.1. The second kappa shape index (κ2) is 6.55. The highest BCUT2D eigenvalue weighted by Gasteiger charge is 2.11. The number of benzene rings is 1. The molecule has 0 aliphatic heterocycles. The van der Waals surface area contributed by atoms with Crippen LogP contribution in [0.4, 0.5) is 0 Å². The van der Waals surface area contributed by atoms with Gasteiger partial charge in [0.15, 0.2) is 0 Å². The minimum absolute atomic E-state index is 0.104. The van der Waals surface area contributed by atoms with Crippen LogP contribution in [0.3, 0.4) is 0 Å². The molecular formula is C14H13BrClNOS. The van der Waals surface area contributed by atoms with Gasteiger partial charge in [-0.3, -0.25) is 4.79 Å². The average Bonchev–Trinajstić information content (AvgIpc) is 2.77. The van der Waals surface area contributed by atoms with Crippen molar-refractivity contribution < 1.29 is 4.79 Å². The maximum Gasteiger partial charge on any atom is 0.227 e. The fourth-order valence-electron chi connectivity index (χ4n) is 1.67. The molecule has 0 aliphatic carbocycles. The van der Waals surface area contributed by atoms with Crippen LogP contribution in [0.25, 0.3) is 0 Å². The molecule has 1 aromatic carbocycles. The molecule has 100 valence electrons. The van der Waals surface area contributed by atoms with Crippen molar-refractivity contribution in [2.45, 2.75) is 13.0 Å². The summed E-state index contributed by atoms with van der Waals surface area (Å²) in [4.78, 5) is 15.0. The summed E-state index contributed by atoms with van der Waals surface area (Å²) in [6, 6.07) is 9.42. The van der Waals surface area contributed by atoms with Gasteiger partial charge in [-0.1, -0.05) is 23.7 Å². The second-order valence-corrected chi connectivity index (χ2v) is 6.63. The van der Waals surface area contributed by atoms with Gasteiger partial charge in [0.05, 0.1) is 13.0 Å². The lowest BCUT2D eigenvalue weighted by Gasteiger charge is -2.16. The Morgan fingerprint density at radius 1 is 1.37 bits per heavy atom. The summed E-state index contributed by atoms with van der Waals surface area (Å²) in [5.74, 6) is 0.104. The normalized spacial score (nSPS) is 10.5. The van der Waals surface area contributed by atoms with Crippen LogP contribution in [-0.4, -0.2) is 17.9 Å². The molecule has 1 amide bonds. The van der Waals surface area contributed by atoms with E-state index in [2.05, 4.69) is 15.9 Å². The van der Waals surface area contributed by atoms with Crippen molar-refractivity contribution in [3.8, 4) is 0 Å². The second-order valence-electron chi connectivity index (χ2n) is 4.28. The molecule has 1 aromatic heterocycles. The van der Waals surface area contributed by atoms with E-state index in [-0.39, 0.29) is 5.91 Å². The summed E-state index contributed by atoms with van der Waals surface area (Å²) in [5.41, 5.74) is 0.980. The molecule has 0 atom stereocenters. The first-order chi connectivity index (χ1) is 9.04. The number of thiophene rings is 1. The molecule has 1 heterocycles. The number of halogens is 2. The van der Waals surface area contributed by atoms with Gasteiger partial charge in [-0.15, -0.1) is 11.3 Å². The molecule has 0 bridgehead atoms. The number of rotatable bonds is 4. The minimum Gasteiger partial charge on any atom is -0.340 e. The van der Waals surface area contributed by atoms with Crippen molar-refractivity contribution >= 4 is 44.8 Å². The Bertz CT molecular complexity index is 567. The molecule has 0 aliphatic rings. The fraction of sp³-hybridized carbons (Fsp3) is 0.214. The minimum atomic E-state index is 0.104. The summed E-state index contributed by atoms with van der Waals surface area (Å²) in [6.07, 6.45) is 0.403. The highest BCUT2D eigenvalue weighted by atomic mass is 79.9. The van der Waals surface area contributed by atoms with Crippen molar-refractivity contribution in [2.75, 3.05) is 7.05 Å². The predicted octanol–water partition coefficient (Wildman–Crippen LogP) is 4.37. The van der Waals surface area contributed by atoms with Crippen molar-refractivity contribution in [1.82, 2.24) is 4.90 Å². The van der Waals surface area contributed by atoms with Crippen molar-refractivity contribution in [1.29, 1.82) is 0 Å². The van der Waals surface area contributed by atoms with Crippen LogP contribution >= 0.6 is 38.9 Å². The Labute approximate surface area is 130 Å². The molecule has 0 saturated heterocycles. The number of carbonyl (C=O) groups excluding carboxylic acids is 1. The number of hydrogen-bond acceptors (Lipinski definition) is 2. The van der Waals surface area contributed by atoms with Crippen LogP contribution < -0.4 is 0 Å². The van der Waals surface area contributed by atoms with E-state index in [1.807, 2.05) is 30.6 Å². The van der Waals surface area contributed by atoms with Crippen molar-refractivity contribution in [3.05, 3.63) is 55.6 Å².